The summed E-state index contributed by atoms with van der Waals surface area (Å²) in [6.07, 6.45) is 0.132. The van der Waals surface area contributed by atoms with Crippen molar-refractivity contribution >= 4 is 29.2 Å². The van der Waals surface area contributed by atoms with Crippen LogP contribution in [0.25, 0.3) is 0 Å². The molecule has 27 heavy (non-hydrogen) atoms. The lowest BCUT2D eigenvalue weighted by atomic mass is 10.1. The summed E-state index contributed by atoms with van der Waals surface area (Å²) in [4.78, 5) is 38.4. The second-order valence-corrected chi connectivity index (χ2v) is 6.48. The third kappa shape index (κ3) is 3.92. The zero-order valence-electron chi connectivity index (χ0n) is 15.1. The monoisotopic (exact) mass is 368 g/mol. The molecule has 1 aliphatic heterocycles. The zero-order valence-corrected chi connectivity index (χ0v) is 15.1. The fourth-order valence-corrected chi connectivity index (χ4v) is 3.06. The van der Waals surface area contributed by atoms with Gasteiger partial charge in [0.05, 0.1) is 11.4 Å². The first-order valence-corrected chi connectivity index (χ1v) is 8.54. The molecule has 2 aromatic carbocycles. The number of anilines is 2. The molecule has 1 aliphatic rings. The van der Waals surface area contributed by atoms with Gasteiger partial charge in [0.15, 0.2) is 6.61 Å². The van der Waals surface area contributed by atoms with Crippen LogP contribution in [-0.2, 0) is 14.3 Å². The van der Waals surface area contributed by atoms with Crippen LogP contribution in [0.15, 0.2) is 42.5 Å². The third-order valence-electron chi connectivity index (χ3n) is 4.33. The molecule has 7 heteroatoms. The number of phenols is 1. The van der Waals surface area contributed by atoms with Gasteiger partial charge >= 0.3 is 5.97 Å². The van der Waals surface area contributed by atoms with Crippen molar-refractivity contribution in [2.45, 2.75) is 26.3 Å². The van der Waals surface area contributed by atoms with Gasteiger partial charge in [-0.3, -0.25) is 9.59 Å². The van der Waals surface area contributed by atoms with Crippen LogP contribution in [0.2, 0.25) is 0 Å². The first kappa shape index (κ1) is 18.4. The molecule has 140 valence electrons. The molecule has 7 nitrogen and oxygen atoms in total. The minimum atomic E-state index is -0.783. The second kappa shape index (κ2) is 7.49. The molecule has 2 N–H and O–H groups in total. The number of aryl methyl sites for hydroxylation is 1. The Balaban J connectivity index is 1.78. The molecule has 0 saturated carbocycles. The highest BCUT2D eigenvalue weighted by Gasteiger charge is 2.30. The molecule has 1 atom stereocenters. The first-order chi connectivity index (χ1) is 12.9. The fraction of sp³-hybridized carbons (Fsp3) is 0.250. The Hall–Kier alpha value is -3.35. The number of rotatable bonds is 3. The number of ether oxygens (including phenoxy) is 1. The summed E-state index contributed by atoms with van der Waals surface area (Å²) in [7, 11) is 0. The third-order valence-corrected chi connectivity index (χ3v) is 4.33. The van der Waals surface area contributed by atoms with Crippen molar-refractivity contribution in [2.75, 3.05) is 16.8 Å². The second-order valence-electron chi connectivity index (χ2n) is 6.48. The van der Waals surface area contributed by atoms with Crippen LogP contribution in [0.5, 0.6) is 5.75 Å². The van der Waals surface area contributed by atoms with Gasteiger partial charge in [0.25, 0.3) is 5.91 Å². The molecule has 2 amide bonds. The standard InChI is InChI=1S/C20H20N2O5/c1-12-7-8-17(23)14(9-12)20(26)27-11-19(25)22-13(2)10-18(24)21-15-5-3-4-6-16(15)22/h3-9,13,23H,10-11H2,1-2H3,(H,21,24). The van der Waals surface area contributed by atoms with Crippen molar-refractivity contribution in [1.82, 2.24) is 0 Å². The van der Waals surface area contributed by atoms with E-state index in [9.17, 15) is 19.5 Å². The van der Waals surface area contributed by atoms with Crippen LogP contribution in [0.4, 0.5) is 11.4 Å². The van der Waals surface area contributed by atoms with Crippen molar-refractivity contribution in [3.8, 4) is 5.75 Å². The van der Waals surface area contributed by atoms with Gasteiger partial charge in [-0.15, -0.1) is 0 Å². The molecule has 1 heterocycles. The number of benzene rings is 2. The van der Waals surface area contributed by atoms with Gasteiger partial charge in [0.2, 0.25) is 5.91 Å². The topological polar surface area (TPSA) is 95.9 Å². The Kier molecular flexibility index (Phi) is 5.12. The maximum Gasteiger partial charge on any atom is 0.342 e. The Bertz CT molecular complexity index is 909. The highest BCUT2D eigenvalue weighted by molar-refractivity contribution is 6.05. The molecule has 0 fully saturated rings. The lowest BCUT2D eigenvalue weighted by Gasteiger charge is -2.27. The average molecular weight is 368 g/mol. The average Bonchev–Trinajstić information content (AvgIpc) is 2.75. The number of fused-ring (bicyclic) bond motifs is 1. The molecule has 0 saturated heterocycles. The van der Waals surface area contributed by atoms with E-state index in [1.165, 1.54) is 17.0 Å². The number of carbonyl (C=O) groups excluding carboxylic acids is 3. The quantitative estimate of drug-likeness (QED) is 0.812. The lowest BCUT2D eigenvalue weighted by molar-refractivity contribution is -0.122. The van der Waals surface area contributed by atoms with Crippen molar-refractivity contribution in [3.63, 3.8) is 0 Å². The van der Waals surface area contributed by atoms with Crippen LogP contribution < -0.4 is 10.2 Å². The van der Waals surface area contributed by atoms with Crippen molar-refractivity contribution in [3.05, 3.63) is 53.6 Å². The zero-order chi connectivity index (χ0) is 19.6. The van der Waals surface area contributed by atoms with E-state index in [1.54, 1.807) is 44.2 Å². The summed E-state index contributed by atoms with van der Waals surface area (Å²) in [5.74, 6) is -1.63. The number of hydrogen-bond donors (Lipinski definition) is 2. The van der Waals surface area contributed by atoms with E-state index in [0.717, 1.165) is 5.56 Å². The van der Waals surface area contributed by atoms with E-state index in [2.05, 4.69) is 5.32 Å². The number of hydrogen-bond acceptors (Lipinski definition) is 5. The molecule has 0 aliphatic carbocycles. The Morgan fingerprint density at radius 3 is 2.78 bits per heavy atom. The van der Waals surface area contributed by atoms with Crippen LogP contribution in [0, 0.1) is 6.92 Å². The minimum absolute atomic E-state index is 0.00367. The highest BCUT2D eigenvalue weighted by Crippen LogP contribution is 2.31. The predicted octanol–water partition coefficient (Wildman–Crippen LogP) is 2.62. The van der Waals surface area contributed by atoms with E-state index in [1.807, 2.05) is 0 Å². The van der Waals surface area contributed by atoms with Crippen molar-refractivity contribution in [1.29, 1.82) is 0 Å². The fourth-order valence-electron chi connectivity index (χ4n) is 3.06. The number of nitrogens with one attached hydrogen (secondary N) is 1. The lowest BCUT2D eigenvalue weighted by Crippen LogP contribution is -2.41. The number of para-hydroxylation sites is 2. The van der Waals surface area contributed by atoms with Crippen LogP contribution in [-0.4, -0.2) is 35.5 Å². The van der Waals surface area contributed by atoms with Gasteiger partial charge in [-0.05, 0) is 38.1 Å². The maximum absolute atomic E-state index is 12.8. The van der Waals surface area contributed by atoms with E-state index < -0.39 is 24.5 Å². The Morgan fingerprint density at radius 2 is 2.00 bits per heavy atom. The number of esters is 1. The summed E-state index contributed by atoms with van der Waals surface area (Å²) in [6, 6.07) is 11.1. The smallest absolute Gasteiger partial charge is 0.342 e. The molecular formula is C20H20N2O5. The molecule has 0 spiro atoms. The summed E-state index contributed by atoms with van der Waals surface area (Å²) in [5, 5.41) is 12.6. The largest absolute Gasteiger partial charge is 0.507 e. The SMILES string of the molecule is Cc1ccc(O)c(C(=O)OCC(=O)N2c3ccccc3NC(=O)CC2C)c1. The molecule has 2 aromatic rings. The van der Waals surface area contributed by atoms with Gasteiger partial charge in [-0.25, -0.2) is 4.79 Å². The Morgan fingerprint density at radius 1 is 1.26 bits per heavy atom. The van der Waals surface area contributed by atoms with Crippen LogP contribution in [0.1, 0.15) is 29.3 Å². The highest BCUT2D eigenvalue weighted by atomic mass is 16.5. The summed E-state index contributed by atoms with van der Waals surface area (Å²) in [6.45, 7) is 3.04. The van der Waals surface area contributed by atoms with Gasteiger partial charge in [-0.2, -0.15) is 0 Å². The molecule has 0 radical (unpaired) electrons. The predicted molar refractivity (Wildman–Crippen MR) is 99.8 cm³/mol. The first-order valence-electron chi connectivity index (χ1n) is 8.54. The summed E-state index contributed by atoms with van der Waals surface area (Å²) >= 11 is 0. The number of aromatic hydroxyl groups is 1. The molecule has 0 bridgehead atoms. The van der Waals surface area contributed by atoms with Gasteiger partial charge in [0.1, 0.15) is 11.3 Å². The van der Waals surface area contributed by atoms with E-state index >= 15 is 0 Å². The van der Waals surface area contributed by atoms with Gasteiger partial charge in [0, 0.05) is 12.5 Å². The summed E-state index contributed by atoms with van der Waals surface area (Å²) < 4.78 is 5.11. The van der Waals surface area contributed by atoms with Gasteiger partial charge in [-0.1, -0.05) is 23.8 Å². The molecule has 0 aromatic heterocycles. The van der Waals surface area contributed by atoms with Crippen molar-refractivity contribution < 1.29 is 24.2 Å². The molecule has 3 rings (SSSR count). The number of carbonyl (C=O) groups is 3. The van der Waals surface area contributed by atoms with Crippen molar-refractivity contribution in [2.24, 2.45) is 0 Å². The maximum atomic E-state index is 12.8. The number of amides is 2. The van der Waals surface area contributed by atoms with Crippen LogP contribution >= 0.6 is 0 Å². The Labute approximate surface area is 156 Å². The van der Waals surface area contributed by atoms with E-state index in [-0.39, 0.29) is 23.6 Å². The van der Waals surface area contributed by atoms with E-state index in [0.29, 0.717) is 11.4 Å². The van der Waals surface area contributed by atoms with E-state index in [4.69, 9.17) is 4.74 Å². The molecule has 1 unspecified atom stereocenters. The van der Waals surface area contributed by atoms with Crippen LogP contribution in [0.3, 0.4) is 0 Å². The minimum Gasteiger partial charge on any atom is -0.507 e. The number of phenolic OH excluding ortho intramolecular Hbond substituents is 1. The number of nitrogens with zero attached hydrogens (tertiary/aromatic N) is 1. The summed E-state index contributed by atoms with van der Waals surface area (Å²) in [5.41, 5.74) is 1.87. The van der Waals surface area contributed by atoms with Gasteiger partial charge < -0.3 is 20.1 Å². The normalized spacial score (nSPS) is 16.1. The molecular weight excluding hydrogens is 348 g/mol.